The molecule has 1 N–H and O–H groups in total. The smallest absolute Gasteiger partial charge is 0.323 e. The second-order valence-corrected chi connectivity index (χ2v) is 6.03. The van der Waals surface area contributed by atoms with Crippen LogP contribution in [0.15, 0.2) is 24.3 Å². The Balaban J connectivity index is 2.69. The maximum absolute atomic E-state index is 12.2. The minimum absolute atomic E-state index is 0.124. The van der Waals surface area contributed by atoms with Crippen LogP contribution in [0.3, 0.4) is 0 Å². The van der Waals surface area contributed by atoms with Gasteiger partial charge in [0.1, 0.15) is 6.54 Å². The number of hydrogen-bond donors (Lipinski definition) is 1. The number of carbonyl (C=O) groups excluding carboxylic acids is 1. The van der Waals surface area contributed by atoms with Crippen molar-refractivity contribution in [2.45, 2.75) is 46.1 Å². The third-order valence-corrected chi connectivity index (χ3v) is 3.11. The van der Waals surface area contributed by atoms with Gasteiger partial charge in [0.15, 0.2) is 0 Å². The molecule has 4 nitrogen and oxygen atoms in total. The topological polar surface area (TPSA) is 57.6 Å². The van der Waals surface area contributed by atoms with Gasteiger partial charge in [-0.05, 0) is 39.7 Å². The van der Waals surface area contributed by atoms with E-state index in [1.54, 1.807) is 0 Å². The SMILES string of the molecule is Cc1cccc(CCC(=O)N(CC(=O)O)C(C)(C)C)c1. The number of rotatable bonds is 5. The van der Waals surface area contributed by atoms with Crippen molar-refractivity contribution >= 4 is 11.9 Å². The molecule has 1 rings (SSSR count). The van der Waals surface area contributed by atoms with Crippen LogP contribution < -0.4 is 0 Å². The van der Waals surface area contributed by atoms with E-state index < -0.39 is 11.5 Å². The Morgan fingerprint density at radius 3 is 2.40 bits per heavy atom. The third kappa shape index (κ3) is 5.03. The molecule has 0 heterocycles. The summed E-state index contributed by atoms with van der Waals surface area (Å²) in [4.78, 5) is 24.6. The first-order chi connectivity index (χ1) is 9.20. The molecule has 1 aromatic carbocycles. The van der Waals surface area contributed by atoms with Crippen molar-refractivity contribution in [3.63, 3.8) is 0 Å². The van der Waals surface area contributed by atoms with Crippen molar-refractivity contribution in [2.75, 3.05) is 6.54 Å². The molecule has 110 valence electrons. The van der Waals surface area contributed by atoms with E-state index in [-0.39, 0.29) is 12.5 Å². The maximum Gasteiger partial charge on any atom is 0.323 e. The van der Waals surface area contributed by atoms with E-state index in [9.17, 15) is 9.59 Å². The molecule has 0 bridgehead atoms. The molecule has 0 aliphatic heterocycles. The molecule has 1 amide bonds. The van der Waals surface area contributed by atoms with Crippen LogP contribution in [0.2, 0.25) is 0 Å². The van der Waals surface area contributed by atoms with Crippen LogP contribution in [0.1, 0.15) is 38.3 Å². The summed E-state index contributed by atoms with van der Waals surface area (Å²) >= 11 is 0. The summed E-state index contributed by atoms with van der Waals surface area (Å²) in [6.07, 6.45) is 0.959. The molecular weight excluding hydrogens is 254 g/mol. The summed E-state index contributed by atoms with van der Waals surface area (Å²) < 4.78 is 0. The lowest BCUT2D eigenvalue weighted by Gasteiger charge is -2.34. The Labute approximate surface area is 120 Å². The van der Waals surface area contributed by atoms with Crippen LogP contribution in [0.5, 0.6) is 0 Å². The fourth-order valence-corrected chi connectivity index (χ4v) is 2.09. The van der Waals surface area contributed by atoms with Crippen molar-refractivity contribution in [1.29, 1.82) is 0 Å². The van der Waals surface area contributed by atoms with E-state index in [0.29, 0.717) is 12.8 Å². The standard InChI is InChI=1S/C16H23NO3/c1-12-6-5-7-13(10-12)8-9-14(18)17(11-15(19)20)16(2,3)4/h5-7,10H,8-9,11H2,1-4H3,(H,19,20). The number of aryl methyl sites for hydroxylation is 2. The average Bonchev–Trinajstić information content (AvgIpc) is 2.31. The van der Waals surface area contributed by atoms with Crippen LogP contribution in [-0.4, -0.2) is 34.0 Å². The molecule has 0 aromatic heterocycles. The molecule has 0 saturated carbocycles. The number of nitrogens with zero attached hydrogens (tertiary/aromatic N) is 1. The summed E-state index contributed by atoms with van der Waals surface area (Å²) in [6, 6.07) is 8.01. The van der Waals surface area contributed by atoms with Gasteiger partial charge in [0, 0.05) is 12.0 Å². The molecule has 0 unspecified atom stereocenters. The number of carboxylic acids is 1. The Morgan fingerprint density at radius 1 is 1.25 bits per heavy atom. The average molecular weight is 277 g/mol. The highest BCUT2D eigenvalue weighted by Crippen LogP contribution is 2.16. The molecule has 1 aromatic rings. The number of aliphatic carboxylic acids is 1. The van der Waals surface area contributed by atoms with Crippen LogP contribution in [0, 0.1) is 6.92 Å². The molecule has 4 heteroatoms. The first-order valence-corrected chi connectivity index (χ1v) is 6.78. The summed E-state index contributed by atoms with van der Waals surface area (Å²) in [5, 5.41) is 8.92. The van der Waals surface area contributed by atoms with Gasteiger partial charge in [-0.1, -0.05) is 29.8 Å². The summed E-state index contributed by atoms with van der Waals surface area (Å²) in [7, 11) is 0. The molecule has 20 heavy (non-hydrogen) atoms. The van der Waals surface area contributed by atoms with Crippen LogP contribution in [0.4, 0.5) is 0 Å². The lowest BCUT2D eigenvalue weighted by molar-refractivity contribution is -0.148. The number of amides is 1. The number of carboxylic acid groups (broad SMARTS) is 1. The zero-order valence-corrected chi connectivity index (χ0v) is 12.6. The van der Waals surface area contributed by atoms with Gasteiger partial charge in [-0.25, -0.2) is 0 Å². The third-order valence-electron chi connectivity index (χ3n) is 3.11. The summed E-state index contributed by atoms with van der Waals surface area (Å²) in [5.74, 6) is -1.11. The van der Waals surface area contributed by atoms with Gasteiger partial charge in [-0.2, -0.15) is 0 Å². The van der Waals surface area contributed by atoms with E-state index >= 15 is 0 Å². The van der Waals surface area contributed by atoms with Gasteiger partial charge in [0.05, 0.1) is 0 Å². The minimum Gasteiger partial charge on any atom is -0.480 e. The van der Waals surface area contributed by atoms with Gasteiger partial charge >= 0.3 is 5.97 Å². The van der Waals surface area contributed by atoms with Gasteiger partial charge in [0.25, 0.3) is 0 Å². The quantitative estimate of drug-likeness (QED) is 0.900. The summed E-state index contributed by atoms with van der Waals surface area (Å²) in [6.45, 7) is 7.30. The van der Waals surface area contributed by atoms with Gasteiger partial charge < -0.3 is 10.0 Å². The van der Waals surface area contributed by atoms with E-state index in [0.717, 1.165) is 11.1 Å². The summed E-state index contributed by atoms with van der Waals surface area (Å²) in [5.41, 5.74) is 1.78. The van der Waals surface area contributed by atoms with Gasteiger partial charge in [0.2, 0.25) is 5.91 Å². The van der Waals surface area contributed by atoms with Crippen molar-refractivity contribution < 1.29 is 14.7 Å². The highest BCUT2D eigenvalue weighted by atomic mass is 16.4. The van der Waals surface area contributed by atoms with E-state index in [1.807, 2.05) is 52.0 Å². The predicted octanol–water partition coefficient (Wildman–Crippen LogP) is 2.64. The molecule has 0 aliphatic carbocycles. The first kappa shape index (κ1) is 16.2. The number of carbonyl (C=O) groups is 2. The highest BCUT2D eigenvalue weighted by molar-refractivity contribution is 5.82. The van der Waals surface area contributed by atoms with Crippen molar-refractivity contribution in [3.05, 3.63) is 35.4 Å². The van der Waals surface area contributed by atoms with Gasteiger partial charge in [-0.3, -0.25) is 9.59 Å². The highest BCUT2D eigenvalue weighted by Gasteiger charge is 2.27. The Hall–Kier alpha value is -1.84. The first-order valence-electron chi connectivity index (χ1n) is 6.78. The van der Waals surface area contributed by atoms with Gasteiger partial charge in [-0.15, -0.1) is 0 Å². The molecule has 0 saturated heterocycles. The molecule has 0 fully saturated rings. The van der Waals surface area contributed by atoms with E-state index in [4.69, 9.17) is 5.11 Å². The lowest BCUT2D eigenvalue weighted by atomic mass is 10.0. The van der Waals surface area contributed by atoms with Crippen LogP contribution >= 0.6 is 0 Å². The Morgan fingerprint density at radius 2 is 1.90 bits per heavy atom. The molecular formula is C16H23NO3. The fraction of sp³-hybridized carbons (Fsp3) is 0.500. The van der Waals surface area contributed by atoms with Crippen molar-refractivity contribution in [1.82, 2.24) is 4.90 Å². The van der Waals surface area contributed by atoms with Crippen LogP contribution in [-0.2, 0) is 16.0 Å². The van der Waals surface area contributed by atoms with Crippen molar-refractivity contribution in [3.8, 4) is 0 Å². The lowest BCUT2D eigenvalue weighted by Crippen LogP contribution is -2.48. The second-order valence-electron chi connectivity index (χ2n) is 6.03. The zero-order chi connectivity index (χ0) is 15.3. The second kappa shape index (κ2) is 6.55. The number of hydrogen-bond acceptors (Lipinski definition) is 2. The Bertz CT molecular complexity index is 489. The molecule has 0 radical (unpaired) electrons. The normalized spacial score (nSPS) is 11.2. The predicted molar refractivity (Wildman–Crippen MR) is 78.6 cm³/mol. The van der Waals surface area contributed by atoms with Crippen LogP contribution in [0.25, 0.3) is 0 Å². The fourth-order valence-electron chi connectivity index (χ4n) is 2.09. The maximum atomic E-state index is 12.2. The zero-order valence-electron chi connectivity index (χ0n) is 12.6. The van der Waals surface area contributed by atoms with Crippen molar-refractivity contribution in [2.24, 2.45) is 0 Å². The number of benzene rings is 1. The minimum atomic E-state index is -0.983. The Kier molecular flexibility index (Phi) is 5.31. The van der Waals surface area contributed by atoms with E-state index in [1.165, 1.54) is 4.90 Å². The van der Waals surface area contributed by atoms with E-state index in [2.05, 4.69) is 0 Å². The monoisotopic (exact) mass is 277 g/mol. The molecule has 0 spiro atoms. The largest absolute Gasteiger partial charge is 0.480 e. The molecule has 0 atom stereocenters. The molecule has 0 aliphatic rings.